The number of hydrogen-bond acceptors (Lipinski definition) is 3. The Morgan fingerprint density at radius 3 is 2.64 bits per heavy atom. The van der Waals surface area contributed by atoms with Crippen LogP contribution in [0.2, 0.25) is 0 Å². The van der Waals surface area contributed by atoms with Crippen LogP contribution in [0.3, 0.4) is 0 Å². The van der Waals surface area contributed by atoms with Gasteiger partial charge in [0.25, 0.3) is 0 Å². The predicted octanol–water partition coefficient (Wildman–Crippen LogP) is 3.25. The Bertz CT molecular complexity index is 407. The molecule has 0 aromatic rings. The molecule has 4 nitrogen and oxygen atoms in total. The van der Waals surface area contributed by atoms with E-state index in [1.54, 1.807) is 11.9 Å². The second-order valence-electron chi connectivity index (χ2n) is 7.56. The second kappa shape index (κ2) is 7.47. The Balaban J connectivity index is 2.11. The number of nitrogens with zero attached hydrogens (tertiary/aromatic N) is 1. The van der Waals surface area contributed by atoms with Crippen LogP contribution in [0.15, 0.2) is 0 Å². The Kier molecular flexibility index (Phi) is 5.87. The van der Waals surface area contributed by atoms with Gasteiger partial charge in [-0.2, -0.15) is 0 Å². The van der Waals surface area contributed by atoms with Gasteiger partial charge in [-0.3, -0.25) is 4.79 Å². The van der Waals surface area contributed by atoms with Gasteiger partial charge in [0.15, 0.2) is 0 Å². The number of carbonyl (C=O) groups excluding carboxylic acids is 2. The molecule has 0 N–H and O–H groups in total. The summed E-state index contributed by atoms with van der Waals surface area (Å²) in [5, 5.41) is 0. The molecule has 0 aromatic heterocycles. The van der Waals surface area contributed by atoms with Gasteiger partial charge in [-0.15, -0.1) is 0 Å². The summed E-state index contributed by atoms with van der Waals surface area (Å²) in [6.45, 7) is 7.14. The van der Waals surface area contributed by atoms with Crippen molar-refractivity contribution in [3.63, 3.8) is 0 Å². The number of rotatable bonds is 3. The third-order valence-corrected chi connectivity index (χ3v) is 5.54. The lowest BCUT2D eigenvalue weighted by Crippen LogP contribution is -2.48. The average molecular weight is 309 g/mol. The minimum Gasteiger partial charge on any atom is -0.464 e. The Morgan fingerprint density at radius 1 is 1.23 bits per heavy atom. The fourth-order valence-electron chi connectivity index (χ4n) is 4.08. The summed E-state index contributed by atoms with van der Waals surface area (Å²) >= 11 is 0. The van der Waals surface area contributed by atoms with Crippen molar-refractivity contribution in [3.8, 4) is 0 Å². The van der Waals surface area contributed by atoms with E-state index in [0.29, 0.717) is 24.4 Å². The molecule has 1 saturated carbocycles. The topological polar surface area (TPSA) is 46.6 Å². The molecule has 22 heavy (non-hydrogen) atoms. The lowest BCUT2D eigenvalue weighted by atomic mass is 9.69. The van der Waals surface area contributed by atoms with Crippen molar-refractivity contribution in [2.24, 2.45) is 23.7 Å². The lowest BCUT2D eigenvalue weighted by molar-refractivity contribution is -0.156. The summed E-state index contributed by atoms with van der Waals surface area (Å²) in [6, 6.07) is -0.389. The normalized spacial score (nSPS) is 33.2. The van der Waals surface area contributed by atoms with Crippen LogP contribution in [0, 0.1) is 23.7 Å². The first kappa shape index (κ1) is 17.3. The van der Waals surface area contributed by atoms with Crippen molar-refractivity contribution in [3.05, 3.63) is 0 Å². The molecule has 1 heterocycles. The van der Waals surface area contributed by atoms with Gasteiger partial charge in [-0.1, -0.05) is 27.2 Å². The quantitative estimate of drug-likeness (QED) is 0.752. The van der Waals surface area contributed by atoms with Crippen molar-refractivity contribution in [2.75, 3.05) is 13.7 Å². The van der Waals surface area contributed by atoms with Crippen molar-refractivity contribution in [2.45, 2.75) is 65.3 Å². The van der Waals surface area contributed by atoms with E-state index in [-0.39, 0.29) is 23.8 Å². The van der Waals surface area contributed by atoms with Crippen LogP contribution >= 0.6 is 0 Å². The van der Waals surface area contributed by atoms with Gasteiger partial charge < -0.3 is 9.64 Å². The van der Waals surface area contributed by atoms with Gasteiger partial charge in [0.1, 0.15) is 6.04 Å². The van der Waals surface area contributed by atoms with E-state index >= 15 is 0 Å². The summed E-state index contributed by atoms with van der Waals surface area (Å²) < 4.78 is 5.24. The molecule has 1 aliphatic heterocycles. The summed E-state index contributed by atoms with van der Waals surface area (Å²) in [5.41, 5.74) is 0. The zero-order chi connectivity index (χ0) is 16.3. The number of cyclic esters (lactones) is 1. The first-order chi connectivity index (χ1) is 10.4. The minimum atomic E-state index is -0.389. The van der Waals surface area contributed by atoms with Gasteiger partial charge in [-0.05, 0) is 49.9 Å². The number of hydrogen-bond donors (Lipinski definition) is 0. The van der Waals surface area contributed by atoms with E-state index < -0.39 is 0 Å². The molecule has 0 unspecified atom stereocenters. The summed E-state index contributed by atoms with van der Waals surface area (Å²) in [4.78, 5) is 26.8. The van der Waals surface area contributed by atoms with Crippen molar-refractivity contribution in [1.82, 2.24) is 4.90 Å². The fourth-order valence-corrected chi connectivity index (χ4v) is 4.08. The Morgan fingerprint density at radius 2 is 1.95 bits per heavy atom. The van der Waals surface area contributed by atoms with E-state index in [0.717, 1.165) is 32.1 Å². The largest absolute Gasteiger partial charge is 0.464 e. The minimum absolute atomic E-state index is 0.0600. The maximum atomic E-state index is 13.0. The lowest BCUT2D eigenvalue weighted by Gasteiger charge is -2.39. The van der Waals surface area contributed by atoms with Gasteiger partial charge in [0.05, 0.1) is 6.61 Å². The van der Waals surface area contributed by atoms with Crippen LogP contribution in [-0.2, 0) is 14.3 Å². The van der Waals surface area contributed by atoms with E-state index in [2.05, 4.69) is 20.8 Å². The highest BCUT2D eigenvalue weighted by molar-refractivity contribution is 5.86. The average Bonchev–Trinajstić information content (AvgIpc) is 2.69. The first-order valence-corrected chi connectivity index (χ1v) is 8.85. The van der Waals surface area contributed by atoms with Crippen LogP contribution in [0.4, 0.5) is 0 Å². The van der Waals surface area contributed by atoms with Crippen LogP contribution in [0.5, 0.6) is 0 Å². The molecule has 1 amide bonds. The van der Waals surface area contributed by atoms with Crippen LogP contribution in [0.25, 0.3) is 0 Å². The highest BCUT2D eigenvalue weighted by Gasteiger charge is 2.39. The molecule has 2 rings (SSSR count). The second-order valence-corrected chi connectivity index (χ2v) is 7.56. The van der Waals surface area contributed by atoms with E-state index in [1.165, 1.54) is 6.42 Å². The summed E-state index contributed by atoms with van der Waals surface area (Å²) in [5.74, 6) is 1.53. The van der Waals surface area contributed by atoms with E-state index in [1.807, 2.05) is 0 Å². The number of likely N-dealkylation sites (N-methyl/N-ethyl adjacent to an activating group) is 1. The molecule has 0 bridgehead atoms. The summed E-state index contributed by atoms with van der Waals surface area (Å²) in [7, 11) is 1.79. The van der Waals surface area contributed by atoms with Crippen LogP contribution < -0.4 is 0 Å². The molecule has 0 radical (unpaired) electrons. The maximum absolute atomic E-state index is 13.0. The van der Waals surface area contributed by atoms with Crippen molar-refractivity contribution in [1.29, 1.82) is 0 Å². The standard InChI is InChI=1S/C18H31NO3/c1-12(2)14-9-8-13(3)11-15(14)17(20)19(4)16-7-5-6-10-22-18(16)21/h12-16H,5-11H2,1-4H3/t13-,14+,15-,16+/m1/s1. The zero-order valence-electron chi connectivity index (χ0n) is 14.5. The van der Waals surface area contributed by atoms with Gasteiger partial charge in [0.2, 0.25) is 5.91 Å². The van der Waals surface area contributed by atoms with E-state index in [9.17, 15) is 9.59 Å². The molecule has 4 atom stereocenters. The number of carbonyl (C=O) groups is 2. The zero-order valence-corrected chi connectivity index (χ0v) is 14.5. The number of esters is 1. The SMILES string of the molecule is CC(C)[C@@H]1CC[C@@H](C)C[C@H]1C(=O)N(C)[C@H]1CCCCOC1=O. The maximum Gasteiger partial charge on any atom is 0.328 e. The van der Waals surface area contributed by atoms with Crippen LogP contribution in [-0.4, -0.2) is 36.5 Å². The van der Waals surface area contributed by atoms with Gasteiger partial charge in [-0.25, -0.2) is 4.79 Å². The van der Waals surface area contributed by atoms with Crippen LogP contribution in [0.1, 0.15) is 59.3 Å². The smallest absolute Gasteiger partial charge is 0.328 e. The Hall–Kier alpha value is -1.06. The molecule has 1 aliphatic carbocycles. The Labute approximate surface area is 134 Å². The highest BCUT2D eigenvalue weighted by atomic mass is 16.5. The number of amides is 1. The third-order valence-electron chi connectivity index (χ3n) is 5.54. The third kappa shape index (κ3) is 3.82. The predicted molar refractivity (Wildman–Crippen MR) is 86.2 cm³/mol. The molecule has 0 aromatic carbocycles. The molecule has 2 aliphatic rings. The monoisotopic (exact) mass is 309 g/mol. The number of ether oxygens (including phenoxy) is 1. The molecule has 2 fully saturated rings. The molecular weight excluding hydrogens is 278 g/mol. The molecular formula is C18H31NO3. The highest BCUT2D eigenvalue weighted by Crippen LogP contribution is 2.39. The molecule has 0 spiro atoms. The van der Waals surface area contributed by atoms with E-state index in [4.69, 9.17) is 4.74 Å². The van der Waals surface area contributed by atoms with Crippen molar-refractivity contribution >= 4 is 11.9 Å². The fraction of sp³-hybridized carbons (Fsp3) is 0.889. The first-order valence-electron chi connectivity index (χ1n) is 8.85. The van der Waals surface area contributed by atoms with Crippen molar-refractivity contribution < 1.29 is 14.3 Å². The molecule has 126 valence electrons. The van der Waals surface area contributed by atoms with Gasteiger partial charge in [0, 0.05) is 13.0 Å². The molecule has 1 saturated heterocycles. The van der Waals surface area contributed by atoms with Gasteiger partial charge >= 0.3 is 5.97 Å². The molecule has 4 heteroatoms. The summed E-state index contributed by atoms with van der Waals surface area (Å²) in [6.07, 6.45) is 5.87.